The minimum absolute atomic E-state index is 0.0527. The summed E-state index contributed by atoms with van der Waals surface area (Å²) in [5.41, 5.74) is -0.939. The number of rotatable bonds is 3. The fraction of sp³-hybridized carbons (Fsp3) is 0.0714. The Balaban J connectivity index is 2.15. The number of carboxylic acid groups (broad SMARTS) is 1. The van der Waals surface area contributed by atoms with E-state index in [0.29, 0.717) is 15.3 Å². The van der Waals surface area contributed by atoms with Crippen LogP contribution < -0.4 is 0 Å². The van der Waals surface area contributed by atoms with Gasteiger partial charge in [0.1, 0.15) is 0 Å². The van der Waals surface area contributed by atoms with E-state index in [1.165, 1.54) is 6.07 Å². The van der Waals surface area contributed by atoms with E-state index in [9.17, 15) is 18.0 Å². The van der Waals surface area contributed by atoms with Gasteiger partial charge in [-0.2, -0.15) is 18.3 Å². The number of nitrogens with zero attached hydrogens (tertiary/aromatic N) is 3. The first-order valence-electron chi connectivity index (χ1n) is 6.38. The van der Waals surface area contributed by atoms with E-state index in [-0.39, 0.29) is 16.5 Å². The van der Waals surface area contributed by atoms with Crippen LogP contribution in [0.1, 0.15) is 16.2 Å². The maximum Gasteiger partial charge on any atom is 0.433 e. The zero-order chi connectivity index (χ0) is 17.5. The second kappa shape index (κ2) is 5.91. The van der Waals surface area contributed by atoms with Gasteiger partial charge in [0.2, 0.25) is 5.13 Å². The molecule has 0 unspecified atom stereocenters. The predicted molar refractivity (Wildman–Crippen MR) is 81.6 cm³/mol. The summed E-state index contributed by atoms with van der Waals surface area (Å²) in [7, 11) is 0. The molecule has 0 aliphatic rings. The minimum Gasteiger partial charge on any atom is -0.476 e. The second-order valence-electron chi connectivity index (χ2n) is 4.66. The van der Waals surface area contributed by atoms with Crippen molar-refractivity contribution in [3.05, 3.63) is 52.1 Å². The Labute approximate surface area is 141 Å². The highest BCUT2D eigenvalue weighted by molar-refractivity contribution is 7.12. The lowest BCUT2D eigenvalue weighted by molar-refractivity contribution is -0.142. The molecule has 10 heteroatoms. The molecule has 0 spiro atoms. The van der Waals surface area contributed by atoms with Crippen LogP contribution in [0.5, 0.6) is 0 Å². The minimum atomic E-state index is -4.68. The molecule has 24 heavy (non-hydrogen) atoms. The number of hydrogen-bond donors (Lipinski definition) is 1. The SMILES string of the molecule is O=C(O)c1csc(-n2nc(-c3cccc(Cl)c3)cc2C(F)(F)F)n1. The van der Waals surface area contributed by atoms with Crippen LogP contribution in [0.25, 0.3) is 16.4 Å². The molecular formula is C14H7ClF3N3O2S. The number of carbonyl (C=O) groups is 1. The van der Waals surface area contributed by atoms with E-state index in [2.05, 4.69) is 10.1 Å². The third kappa shape index (κ3) is 3.13. The van der Waals surface area contributed by atoms with E-state index in [4.69, 9.17) is 16.7 Å². The monoisotopic (exact) mass is 373 g/mol. The van der Waals surface area contributed by atoms with Crippen LogP contribution in [0.2, 0.25) is 5.02 Å². The topological polar surface area (TPSA) is 68.0 Å². The molecule has 5 nitrogen and oxygen atoms in total. The first-order valence-corrected chi connectivity index (χ1v) is 7.64. The number of halogens is 4. The van der Waals surface area contributed by atoms with Crippen molar-refractivity contribution >= 4 is 28.9 Å². The van der Waals surface area contributed by atoms with Crippen molar-refractivity contribution in [2.75, 3.05) is 0 Å². The summed E-state index contributed by atoms with van der Waals surface area (Å²) in [5, 5.41) is 14.1. The summed E-state index contributed by atoms with van der Waals surface area (Å²) in [6.07, 6.45) is -4.68. The van der Waals surface area contributed by atoms with E-state index in [0.717, 1.165) is 22.8 Å². The van der Waals surface area contributed by atoms with Crippen molar-refractivity contribution in [1.82, 2.24) is 14.8 Å². The molecule has 124 valence electrons. The van der Waals surface area contributed by atoms with Crippen molar-refractivity contribution in [3.63, 3.8) is 0 Å². The van der Waals surface area contributed by atoms with Gasteiger partial charge in [-0.05, 0) is 18.2 Å². The van der Waals surface area contributed by atoms with Crippen LogP contribution in [0.4, 0.5) is 13.2 Å². The van der Waals surface area contributed by atoms with Gasteiger partial charge in [-0.1, -0.05) is 23.7 Å². The Morgan fingerprint density at radius 1 is 1.29 bits per heavy atom. The van der Waals surface area contributed by atoms with Gasteiger partial charge in [-0.3, -0.25) is 0 Å². The van der Waals surface area contributed by atoms with Gasteiger partial charge < -0.3 is 5.11 Å². The van der Waals surface area contributed by atoms with Crippen molar-refractivity contribution < 1.29 is 23.1 Å². The van der Waals surface area contributed by atoms with Crippen molar-refractivity contribution in [2.24, 2.45) is 0 Å². The molecular weight excluding hydrogens is 367 g/mol. The van der Waals surface area contributed by atoms with Crippen LogP contribution in [0.3, 0.4) is 0 Å². The zero-order valence-electron chi connectivity index (χ0n) is 11.6. The lowest BCUT2D eigenvalue weighted by atomic mass is 10.1. The van der Waals surface area contributed by atoms with Gasteiger partial charge in [0.25, 0.3) is 0 Å². The normalized spacial score (nSPS) is 11.7. The Morgan fingerprint density at radius 2 is 2.04 bits per heavy atom. The van der Waals surface area contributed by atoms with E-state index in [1.807, 2.05) is 0 Å². The quantitative estimate of drug-likeness (QED) is 0.740. The standard InChI is InChI=1S/C14H7ClF3N3O2S/c15-8-3-1-2-7(4-8)9-5-11(14(16,17)18)21(20-9)13-19-10(6-24-13)12(22)23/h1-6H,(H,22,23). The Bertz CT molecular complexity index is 920. The summed E-state index contributed by atoms with van der Waals surface area (Å²) in [5.74, 6) is -1.33. The summed E-state index contributed by atoms with van der Waals surface area (Å²) >= 11 is 6.61. The summed E-state index contributed by atoms with van der Waals surface area (Å²) in [6.45, 7) is 0. The number of aromatic nitrogens is 3. The molecule has 0 saturated carbocycles. The highest BCUT2D eigenvalue weighted by atomic mass is 35.5. The Kier molecular flexibility index (Phi) is 4.06. The predicted octanol–water partition coefficient (Wildman–Crippen LogP) is 4.37. The smallest absolute Gasteiger partial charge is 0.433 e. The molecule has 1 N–H and O–H groups in total. The Hall–Kier alpha value is -2.39. The fourth-order valence-corrected chi connectivity index (χ4v) is 2.93. The van der Waals surface area contributed by atoms with Crippen LogP contribution in [0, 0.1) is 0 Å². The van der Waals surface area contributed by atoms with Gasteiger partial charge in [0.15, 0.2) is 11.4 Å². The molecule has 0 saturated heterocycles. The second-order valence-corrected chi connectivity index (χ2v) is 5.93. The highest BCUT2D eigenvalue weighted by Gasteiger charge is 2.37. The molecule has 0 amide bonds. The zero-order valence-corrected chi connectivity index (χ0v) is 13.2. The van der Waals surface area contributed by atoms with Gasteiger partial charge in [0.05, 0.1) is 5.69 Å². The molecule has 0 bridgehead atoms. The van der Waals surface area contributed by atoms with Crippen molar-refractivity contribution in [3.8, 4) is 16.4 Å². The van der Waals surface area contributed by atoms with E-state index < -0.39 is 17.8 Å². The molecule has 0 fully saturated rings. The molecule has 1 aromatic carbocycles. The third-order valence-corrected chi connectivity index (χ3v) is 4.06. The number of aromatic carboxylic acids is 1. The lowest BCUT2D eigenvalue weighted by Crippen LogP contribution is -2.13. The van der Waals surface area contributed by atoms with Gasteiger partial charge in [-0.25, -0.2) is 14.5 Å². The third-order valence-electron chi connectivity index (χ3n) is 3.01. The molecule has 2 aromatic heterocycles. The van der Waals surface area contributed by atoms with Crippen LogP contribution in [-0.4, -0.2) is 25.8 Å². The van der Waals surface area contributed by atoms with Crippen LogP contribution in [0.15, 0.2) is 35.7 Å². The summed E-state index contributed by atoms with van der Waals surface area (Å²) in [4.78, 5) is 14.5. The van der Waals surface area contributed by atoms with Gasteiger partial charge in [-0.15, -0.1) is 11.3 Å². The van der Waals surface area contributed by atoms with Crippen LogP contribution >= 0.6 is 22.9 Å². The number of benzene rings is 1. The summed E-state index contributed by atoms with van der Waals surface area (Å²) < 4.78 is 40.4. The molecule has 0 aliphatic heterocycles. The average Bonchev–Trinajstić information content (AvgIpc) is 3.13. The van der Waals surface area contributed by atoms with Crippen LogP contribution in [-0.2, 0) is 6.18 Å². The van der Waals surface area contributed by atoms with Crippen molar-refractivity contribution in [1.29, 1.82) is 0 Å². The fourth-order valence-electron chi connectivity index (χ4n) is 1.98. The van der Waals surface area contributed by atoms with E-state index >= 15 is 0 Å². The first-order chi connectivity index (χ1) is 11.3. The highest BCUT2D eigenvalue weighted by Crippen LogP contribution is 2.35. The number of alkyl halides is 3. The van der Waals surface area contributed by atoms with Gasteiger partial charge >= 0.3 is 12.1 Å². The molecule has 2 heterocycles. The number of thiazole rings is 1. The average molecular weight is 374 g/mol. The maximum absolute atomic E-state index is 13.3. The molecule has 3 aromatic rings. The first kappa shape index (κ1) is 16.5. The number of hydrogen-bond acceptors (Lipinski definition) is 4. The maximum atomic E-state index is 13.3. The largest absolute Gasteiger partial charge is 0.476 e. The molecule has 3 rings (SSSR count). The molecule has 0 radical (unpaired) electrons. The van der Waals surface area contributed by atoms with E-state index in [1.54, 1.807) is 18.2 Å². The summed E-state index contributed by atoms with van der Waals surface area (Å²) in [6, 6.07) is 7.11. The lowest BCUT2D eigenvalue weighted by Gasteiger charge is -2.06. The molecule has 0 atom stereocenters. The van der Waals surface area contributed by atoms with Gasteiger partial charge in [0, 0.05) is 16.0 Å². The number of carboxylic acids is 1. The Morgan fingerprint density at radius 3 is 2.62 bits per heavy atom. The van der Waals surface area contributed by atoms with Crippen molar-refractivity contribution in [2.45, 2.75) is 6.18 Å². The molecule has 0 aliphatic carbocycles.